The lowest BCUT2D eigenvalue weighted by atomic mass is 10.1. The van der Waals surface area contributed by atoms with Gasteiger partial charge < -0.3 is 4.57 Å². The molecule has 4 nitrogen and oxygen atoms in total. The van der Waals surface area contributed by atoms with Gasteiger partial charge in [0, 0.05) is 34.7 Å². The first-order chi connectivity index (χ1) is 11.5. The van der Waals surface area contributed by atoms with E-state index < -0.39 is 0 Å². The van der Waals surface area contributed by atoms with Crippen LogP contribution in [0, 0.1) is 6.92 Å². The number of carbonyl (C=O) groups excluding carboxylic acids is 1. The van der Waals surface area contributed by atoms with E-state index >= 15 is 0 Å². The average molecular weight is 385 g/mol. The second-order valence-electron chi connectivity index (χ2n) is 5.70. The maximum Gasteiger partial charge on any atom is 0.254 e. The standard InChI is InChI=1S/C19H17BrN2O2/c1-3-17(23)15-8-9-22(19(24)12(15)2)11-14-10-13-6-4-5-7-16(13)21-18(14)20/h4-10H,3,11H2,1-2H3. The van der Waals surface area contributed by atoms with Crippen molar-refractivity contribution in [2.75, 3.05) is 0 Å². The van der Waals surface area contributed by atoms with Gasteiger partial charge in [-0.1, -0.05) is 25.1 Å². The number of fused-ring (bicyclic) bond motifs is 1. The van der Waals surface area contributed by atoms with Crippen LogP contribution in [0.25, 0.3) is 10.9 Å². The first-order valence-corrected chi connectivity index (χ1v) is 8.58. The van der Waals surface area contributed by atoms with Gasteiger partial charge in [-0.05, 0) is 41.1 Å². The van der Waals surface area contributed by atoms with Gasteiger partial charge in [0.1, 0.15) is 4.60 Å². The number of ketones is 1. The monoisotopic (exact) mass is 384 g/mol. The van der Waals surface area contributed by atoms with Gasteiger partial charge in [0.05, 0.1) is 12.1 Å². The topological polar surface area (TPSA) is 52.0 Å². The van der Waals surface area contributed by atoms with E-state index in [1.807, 2.05) is 30.3 Å². The third-order valence-electron chi connectivity index (χ3n) is 4.12. The Kier molecular flexibility index (Phi) is 4.62. The normalized spacial score (nSPS) is 11.0. The number of hydrogen-bond acceptors (Lipinski definition) is 3. The molecule has 122 valence electrons. The Morgan fingerprint density at radius 1 is 1.25 bits per heavy atom. The minimum atomic E-state index is -0.144. The molecule has 0 saturated heterocycles. The van der Waals surface area contributed by atoms with Crippen molar-refractivity contribution in [3.8, 4) is 0 Å². The molecule has 3 aromatic rings. The van der Waals surface area contributed by atoms with Crippen LogP contribution in [0.4, 0.5) is 0 Å². The lowest BCUT2D eigenvalue weighted by molar-refractivity contribution is 0.0987. The summed E-state index contributed by atoms with van der Waals surface area (Å²) in [6, 6.07) is 11.6. The van der Waals surface area contributed by atoms with Crippen LogP contribution in [0.5, 0.6) is 0 Å². The van der Waals surface area contributed by atoms with Crippen LogP contribution in [-0.2, 0) is 6.54 Å². The molecule has 1 aromatic carbocycles. The molecule has 3 rings (SSSR count). The second kappa shape index (κ2) is 6.69. The molecule has 0 fully saturated rings. The van der Waals surface area contributed by atoms with Gasteiger partial charge in [0.2, 0.25) is 0 Å². The Bertz CT molecular complexity index is 992. The van der Waals surface area contributed by atoms with Crippen molar-refractivity contribution in [3.63, 3.8) is 0 Å². The molecule has 0 N–H and O–H groups in total. The molecular weight excluding hydrogens is 368 g/mol. The molecule has 0 unspecified atom stereocenters. The molecular formula is C19H17BrN2O2. The lowest BCUT2D eigenvalue weighted by Gasteiger charge is -2.11. The molecule has 0 radical (unpaired) electrons. The van der Waals surface area contributed by atoms with E-state index in [0.717, 1.165) is 21.1 Å². The third-order valence-corrected chi connectivity index (χ3v) is 4.81. The highest BCUT2D eigenvalue weighted by atomic mass is 79.9. The summed E-state index contributed by atoms with van der Waals surface area (Å²) in [6.45, 7) is 3.90. The van der Waals surface area contributed by atoms with Crippen molar-refractivity contribution >= 4 is 32.6 Å². The predicted molar refractivity (Wildman–Crippen MR) is 98.6 cm³/mol. The molecule has 0 spiro atoms. The molecule has 2 heterocycles. The molecule has 0 aliphatic carbocycles. The predicted octanol–water partition coefficient (Wildman–Crippen LogP) is 4.11. The molecule has 0 saturated carbocycles. The number of pyridine rings is 2. The number of rotatable bonds is 4. The highest BCUT2D eigenvalue weighted by molar-refractivity contribution is 9.10. The fourth-order valence-electron chi connectivity index (χ4n) is 2.74. The van der Waals surface area contributed by atoms with Crippen molar-refractivity contribution < 1.29 is 4.79 Å². The minimum Gasteiger partial charge on any atom is -0.311 e. The van der Waals surface area contributed by atoms with Crippen molar-refractivity contribution in [3.05, 3.63) is 74.2 Å². The van der Waals surface area contributed by atoms with Gasteiger partial charge in [-0.15, -0.1) is 0 Å². The van der Waals surface area contributed by atoms with Gasteiger partial charge in [-0.3, -0.25) is 9.59 Å². The van der Waals surface area contributed by atoms with E-state index in [4.69, 9.17) is 0 Å². The third kappa shape index (κ3) is 3.04. The van der Waals surface area contributed by atoms with Crippen molar-refractivity contribution in [2.24, 2.45) is 0 Å². The van der Waals surface area contributed by atoms with Gasteiger partial charge in [0.15, 0.2) is 5.78 Å². The summed E-state index contributed by atoms with van der Waals surface area (Å²) in [5.74, 6) is -0.00898. The summed E-state index contributed by atoms with van der Waals surface area (Å²) in [5.41, 5.74) is 2.68. The lowest BCUT2D eigenvalue weighted by Crippen LogP contribution is -2.25. The SMILES string of the molecule is CCC(=O)c1ccn(Cc2cc3ccccc3nc2Br)c(=O)c1C. The minimum absolute atomic E-state index is 0.00898. The number of para-hydroxylation sites is 1. The first kappa shape index (κ1) is 16.6. The molecule has 2 aromatic heterocycles. The summed E-state index contributed by atoms with van der Waals surface area (Å²) in [4.78, 5) is 29.0. The van der Waals surface area contributed by atoms with Crippen LogP contribution in [0.1, 0.15) is 34.8 Å². The molecule has 0 atom stereocenters. The zero-order chi connectivity index (χ0) is 17.3. The molecule has 0 bridgehead atoms. The molecule has 24 heavy (non-hydrogen) atoms. The van der Waals surface area contributed by atoms with E-state index in [1.165, 1.54) is 0 Å². The van der Waals surface area contributed by atoms with Crippen LogP contribution in [0.15, 0.2) is 52.0 Å². The molecule has 0 aliphatic heterocycles. The summed E-state index contributed by atoms with van der Waals surface area (Å²) in [6.07, 6.45) is 2.07. The van der Waals surface area contributed by atoms with Crippen LogP contribution >= 0.6 is 15.9 Å². The van der Waals surface area contributed by atoms with E-state index in [1.54, 1.807) is 30.7 Å². The Morgan fingerprint density at radius 2 is 2.00 bits per heavy atom. The number of nitrogens with zero attached hydrogens (tertiary/aromatic N) is 2. The zero-order valence-electron chi connectivity index (χ0n) is 13.5. The highest BCUT2D eigenvalue weighted by Gasteiger charge is 2.13. The maximum absolute atomic E-state index is 12.6. The Balaban J connectivity index is 2.03. The highest BCUT2D eigenvalue weighted by Crippen LogP contribution is 2.21. The van der Waals surface area contributed by atoms with Crippen molar-refractivity contribution in [1.29, 1.82) is 0 Å². The fraction of sp³-hybridized carbons (Fsp3) is 0.211. The number of carbonyl (C=O) groups is 1. The van der Waals surface area contributed by atoms with Crippen LogP contribution in [0.3, 0.4) is 0 Å². The smallest absolute Gasteiger partial charge is 0.254 e. The quantitative estimate of drug-likeness (QED) is 0.502. The molecule has 0 aliphatic rings. The van der Waals surface area contributed by atoms with Gasteiger partial charge >= 0.3 is 0 Å². The summed E-state index contributed by atoms with van der Waals surface area (Å²) in [7, 11) is 0. The first-order valence-electron chi connectivity index (χ1n) is 7.78. The van der Waals surface area contributed by atoms with Gasteiger partial charge in [-0.2, -0.15) is 0 Å². The molecule has 0 amide bonds. The number of halogens is 1. The van der Waals surface area contributed by atoms with Crippen molar-refractivity contribution in [1.82, 2.24) is 9.55 Å². The van der Waals surface area contributed by atoms with Crippen LogP contribution in [-0.4, -0.2) is 15.3 Å². The number of hydrogen-bond donors (Lipinski definition) is 0. The summed E-state index contributed by atoms with van der Waals surface area (Å²) < 4.78 is 2.33. The van der Waals surface area contributed by atoms with Gasteiger partial charge in [-0.25, -0.2) is 4.98 Å². The largest absolute Gasteiger partial charge is 0.311 e. The van der Waals surface area contributed by atoms with E-state index in [9.17, 15) is 9.59 Å². The van der Waals surface area contributed by atoms with E-state index in [-0.39, 0.29) is 11.3 Å². The zero-order valence-corrected chi connectivity index (χ0v) is 15.1. The summed E-state index contributed by atoms with van der Waals surface area (Å²) in [5, 5.41) is 1.03. The number of Topliss-reactive ketones (excluding diaryl/α,β-unsaturated/α-hetero) is 1. The number of aromatic nitrogens is 2. The Labute approximate surface area is 148 Å². The Morgan fingerprint density at radius 3 is 2.75 bits per heavy atom. The van der Waals surface area contributed by atoms with Crippen LogP contribution < -0.4 is 5.56 Å². The van der Waals surface area contributed by atoms with Gasteiger partial charge in [0.25, 0.3) is 5.56 Å². The van der Waals surface area contributed by atoms with E-state index in [0.29, 0.717) is 24.1 Å². The fourth-order valence-corrected chi connectivity index (χ4v) is 3.17. The van der Waals surface area contributed by atoms with Crippen molar-refractivity contribution in [2.45, 2.75) is 26.8 Å². The Hall–Kier alpha value is -2.27. The average Bonchev–Trinajstić information content (AvgIpc) is 2.59. The summed E-state index contributed by atoms with van der Waals surface area (Å²) >= 11 is 3.49. The second-order valence-corrected chi connectivity index (χ2v) is 6.45. The number of benzene rings is 1. The maximum atomic E-state index is 12.6. The van der Waals surface area contributed by atoms with E-state index in [2.05, 4.69) is 20.9 Å². The van der Waals surface area contributed by atoms with Crippen LogP contribution in [0.2, 0.25) is 0 Å². The molecule has 5 heteroatoms.